The second-order valence-corrected chi connectivity index (χ2v) is 9.04. The molecule has 0 aliphatic heterocycles. The number of carbonyl (C=O) groups is 1. The number of H-pyrrole nitrogens is 1. The van der Waals surface area contributed by atoms with Crippen molar-refractivity contribution in [1.29, 1.82) is 0 Å². The third-order valence-electron chi connectivity index (χ3n) is 4.17. The standard InChI is InChI=1S/C15H18BrFN2O3S/c1-8(9(2)23(4,21)22)19(3)15(20)14-7-11-12(17)5-10(16)6-13(11)18-14/h5-9,18H,1-4H3. The Bertz CT molecular complexity index is 863. The number of halogens is 2. The van der Waals surface area contributed by atoms with Gasteiger partial charge in [-0.3, -0.25) is 4.79 Å². The second kappa shape index (κ2) is 6.24. The SMILES string of the molecule is CC(C(C)S(C)(=O)=O)N(C)C(=O)c1cc2c(F)cc(Br)cc2[nH]1. The van der Waals surface area contributed by atoms with Gasteiger partial charge < -0.3 is 9.88 Å². The summed E-state index contributed by atoms with van der Waals surface area (Å²) in [4.78, 5) is 16.8. The summed E-state index contributed by atoms with van der Waals surface area (Å²) in [5.74, 6) is -0.829. The van der Waals surface area contributed by atoms with Crippen molar-refractivity contribution >= 4 is 42.6 Å². The third-order valence-corrected chi connectivity index (χ3v) is 6.37. The summed E-state index contributed by atoms with van der Waals surface area (Å²) in [6.07, 6.45) is 1.14. The Kier molecular flexibility index (Phi) is 4.86. The van der Waals surface area contributed by atoms with Gasteiger partial charge in [-0.2, -0.15) is 0 Å². The number of aromatic nitrogens is 1. The molecule has 0 radical (unpaired) electrons. The maximum atomic E-state index is 13.9. The highest BCUT2D eigenvalue weighted by Crippen LogP contribution is 2.25. The van der Waals surface area contributed by atoms with Gasteiger partial charge in [0.2, 0.25) is 0 Å². The summed E-state index contributed by atoms with van der Waals surface area (Å²) in [7, 11) is -1.74. The summed E-state index contributed by atoms with van der Waals surface area (Å²) in [6, 6.07) is 3.93. The van der Waals surface area contributed by atoms with Crippen LogP contribution in [0.3, 0.4) is 0 Å². The molecule has 2 unspecified atom stereocenters. The Balaban J connectivity index is 2.35. The normalized spacial score (nSPS) is 14.7. The monoisotopic (exact) mass is 404 g/mol. The van der Waals surface area contributed by atoms with Gasteiger partial charge in [0.05, 0.1) is 10.8 Å². The van der Waals surface area contributed by atoms with E-state index in [9.17, 15) is 17.6 Å². The van der Waals surface area contributed by atoms with Gasteiger partial charge in [-0.15, -0.1) is 0 Å². The van der Waals surface area contributed by atoms with E-state index in [-0.39, 0.29) is 11.6 Å². The zero-order chi connectivity index (χ0) is 17.5. The van der Waals surface area contributed by atoms with E-state index in [0.717, 1.165) is 6.26 Å². The second-order valence-electron chi connectivity index (χ2n) is 5.72. The lowest BCUT2D eigenvalue weighted by molar-refractivity contribution is 0.0738. The minimum Gasteiger partial charge on any atom is -0.350 e. The van der Waals surface area contributed by atoms with E-state index in [4.69, 9.17) is 0 Å². The van der Waals surface area contributed by atoms with Crippen molar-refractivity contribution in [3.05, 3.63) is 34.2 Å². The highest BCUT2D eigenvalue weighted by molar-refractivity contribution is 9.10. The molecule has 0 aliphatic carbocycles. The van der Waals surface area contributed by atoms with Crippen molar-refractivity contribution in [3.63, 3.8) is 0 Å². The summed E-state index contributed by atoms with van der Waals surface area (Å²) < 4.78 is 37.8. The van der Waals surface area contributed by atoms with E-state index in [2.05, 4.69) is 20.9 Å². The van der Waals surface area contributed by atoms with Crippen molar-refractivity contribution in [2.75, 3.05) is 13.3 Å². The van der Waals surface area contributed by atoms with Crippen LogP contribution >= 0.6 is 15.9 Å². The summed E-state index contributed by atoms with van der Waals surface area (Å²) in [5.41, 5.74) is 0.712. The molecule has 2 rings (SSSR count). The molecular weight excluding hydrogens is 387 g/mol. The molecule has 2 atom stereocenters. The van der Waals surface area contributed by atoms with E-state index in [1.807, 2.05) is 0 Å². The first kappa shape index (κ1) is 17.9. The summed E-state index contributed by atoms with van der Waals surface area (Å²) >= 11 is 3.20. The number of carbonyl (C=O) groups excluding carboxylic acids is 1. The van der Waals surface area contributed by atoms with Crippen molar-refractivity contribution < 1.29 is 17.6 Å². The van der Waals surface area contributed by atoms with Gasteiger partial charge in [0.25, 0.3) is 5.91 Å². The van der Waals surface area contributed by atoms with Gasteiger partial charge in [0.15, 0.2) is 9.84 Å². The number of amides is 1. The molecule has 8 heteroatoms. The average Bonchev–Trinajstić information content (AvgIpc) is 2.87. The number of sulfone groups is 1. The average molecular weight is 405 g/mol. The first-order valence-corrected chi connectivity index (χ1v) is 9.71. The zero-order valence-corrected chi connectivity index (χ0v) is 15.6. The zero-order valence-electron chi connectivity index (χ0n) is 13.2. The van der Waals surface area contributed by atoms with Gasteiger partial charge in [0.1, 0.15) is 11.5 Å². The number of fused-ring (bicyclic) bond motifs is 1. The van der Waals surface area contributed by atoms with Crippen LogP contribution in [0.4, 0.5) is 4.39 Å². The smallest absolute Gasteiger partial charge is 0.270 e. The molecule has 126 valence electrons. The Hall–Kier alpha value is -1.41. The predicted molar refractivity (Wildman–Crippen MR) is 91.8 cm³/mol. The van der Waals surface area contributed by atoms with Crippen LogP contribution in [0.2, 0.25) is 0 Å². The van der Waals surface area contributed by atoms with E-state index in [1.165, 1.54) is 24.1 Å². The van der Waals surface area contributed by atoms with E-state index < -0.39 is 26.9 Å². The van der Waals surface area contributed by atoms with Crippen LogP contribution < -0.4 is 0 Å². The fraction of sp³-hybridized carbons (Fsp3) is 0.400. The first-order valence-electron chi connectivity index (χ1n) is 6.96. The first-order chi connectivity index (χ1) is 10.5. The predicted octanol–water partition coefficient (Wildman–Crippen LogP) is 2.96. The molecule has 23 heavy (non-hydrogen) atoms. The van der Waals surface area contributed by atoms with Gasteiger partial charge in [-0.1, -0.05) is 15.9 Å². The topological polar surface area (TPSA) is 70.2 Å². The summed E-state index contributed by atoms with van der Waals surface area (Å²) in [6.45, 7) is 3.23. The Morgan fingerprint density at radius 3 is 2.48 bits per heavy atom. The van der Waals surface area contributed by atoms with Gasteiger partial charge in [0, 0.05) is 29.2 Å². The molecule has 0 fully saturated rings. The molecule has 1 N–H and O–H groups in total. The molecule has 0 saturated heterocycles. The molecular formula is C15H18BrFN2O3S. The van der Waals surface area contributed by atoms with E-state index in [0.29, 0.717) is 15.4 Å². The Morgan fingerprint density at radius 1 is 1.30 bits per heavy atom. The highest BCUT2D eigenvalue weighted by atomic mass is 79.9. The molecule has 5 nitrogen and oxygen atoms in total. The van der Waals surface area contributed by atoms with Gasteiger partial charge in [-0.25, -0.2) is 12.8 Å². The highest BCUT2D eigenvalue weighted by Gasteiger charge is 2.29. The van der Waals surface area contributed by atoms with E-state index in [1.54, 1.807) is 19.9 Å². The van der Waals surface area contributed by atoms with E-state index >= 15 is 0 Å². The van der Waals surface area contributed by atoms with Gasteiger partial charge >= 0.3 is 0 Å². The molecule has 1 heterocycles. The van der Waals surface area contributed by atoms with Gasteiger partial charge in [-0.05, 0) is 32.0 Å². The minimum atomic E-state index is -3.27. The third kappa shape index (κ3) is 3.58. The molecule has 0 saturated carbocycles. The van der Waals surface area contributed by atoms with Crippen LogP contribution in [-0.4, -0.2) is 48.8 Å². The van der Waals surface area contributed by atoms with Crippen molar-refractivity contribution in [2.45, 2.75) is 25.1 Å². The number of hydrogen-bond acceptors (Lipinski definition) is 3. The quantitative estimate of drug-likeness (QED) is 0.851. The molecule has 0 bridgehead atoms. The Morgan fingerprint density at radius 2 is 1.91 bits per heavy atom. The van der Waals surface area contributed by atoms with Crippen LogP contribution in [-0.2, 0) is 9.84 Å². The van der Waals surface area contributed by atoms with Crippen LogP contribution in [0.5, 0.6) is 0 Å². The van der Waals surface area contributed by atoms with Crippen molar-refractivity contribution in [3.8, 4) is 0 Å². The van der Waals surface area contributed by atoms with Crippen LogP contribution in [0.1, 0.15) is 24.3 Å². The number of benzene rings is 1. The number of hydrogen-bond donors (Lipinski definition) is 1. The van der Waals surface area contributed by atoms with Crippen molar-refractivity contribution in [1.82, 2.24) is 9.88 Å². The minimum absolute atomic E-state index is 0.215. The largest absolute Gasteiger partial charge is 0.350 e. The number of rotatable bonds is 4. The maximum absolute atomic E-state index is 13.9. The lowest BCUT2D eigenvalue weighted by Crippen LogP contribution is -2.44. The Labute approximate surface area is 142 Å². The number of aromatic amines is 1. The molecule has 2 aromatic rings. The molecule has 1 aromatic carbocycles. The van der Waals surface area contributed by atoms with Crippen LogP contribution in [0, 0.1) is 5.82 Å². The van der Waals surface area contributed by atoms with Crippen LogP contribution in [0.15, 0.2) is 22.7 Å². The molecule has 1 amide bonds. The molecule has 0 aliphatic rings. The lowest BCUT2D eigenvalue weighted by Gasteiger charge is -2.28. The summed E-state index contributed by atoms with van der Waals surface area (Å²) in [5, 5.41) is -0.388. The fourth-order valence-corrected chi connectivity index (χ4v) is 3.65. The number of nitrogens with one attached hydrogen (secondary N) is 1. The lowest BCUT2D eigenvalue weighted by atomic mass is 10.2. The molecule has 0 spiro atoms. The fourth-order valence-electron chi connectivity index (χ4n) is 2.32. The van der Waals surface area contributed by atoms with Crippen LogP contribution in [0.25, 0.3) is 10.9 Å². The van der Waals surface area contributed by atoms with Crippen molar-refractivity contribution in [2.24, 2.45) is 0 Å². The molecule has 1 aromatic heterocycles. The number of nitrogens with zero attached hydrogens (tertiary/aromatic N) is 1. The maximum Gasteiger partial charge on any atom is 0.270 e.